The quantitative estimate of drug-likeness (QED) is 0.798. The van der Waals surface area contributed by atoms with E-state index in [0.29, 0.717) is 6.04 Å². The van der Waals surface area contributed by atoms with E-state index >= 15 is 0 Å². The highest BCUT2D eigenvalue weighted by molar-refractivity contribution is 5.47. The van der Waals surface area contributed by atoms with Crippen molar-refractivity contribution in [2.24, 2.45) is 5.92 Å². The maximum atomic E-state index is 5.84. The molecule has 2 aliphatic rings. The fourth-order valence-electron chi connectivity index (χ4n) is 3.35. The number of nitrogens with zero attached hydrogens (tertiary/aromatic N) is 1. The van der Waals surface area contributed by atoms with Crippen LogP contribution in [0.3, 0.4) is 0 Å². The highest BCUT2D eigenvalue weighted by Crippen LogP contribution is 2.32. The van der Waals surface area contributed by atoms with Crippen LogP contribution in [-0.4, -0.2) is 31.6 Å². The molecule has 18 heavy (non-hydrogen) atoms. The zero-order valence-corrected chi connectivity index (χ0v) is 11.2. The molecule has 1 aliphatic heterocycles. The summed E-state index contributed by atoms with van der Waals surface area (Å²) in [6.07, 6.45) is 3.73. The van der Waals surface area contributed by atoms with E-state index in [2.05, 4.69) is 29.4 Å². The van der Waals surface area contributed by atoms with Crippen molar-refractivity contribution in [3.8, 4) is 0 Å². The number of benzene rings is 1. The normalized spacial score (nSPS) is 27.6. The van der Waals surface area contributed by atoms with Crippen LogP contribution in [0.4, 0.5) is 5.69 Å². The van der Waals surface area contributed by atoms with Crippen LogP contribution in [0.25, 0.3) is 0 Å². The van der Waals surface area contributed by atoms with Gasteiger partial charge in [0.25, 0.3) is 0 Å². The van der Waals surface area contributed by atoms with Crippen molar-refractivity contribution in [3.05, 3.63) is 29.3 Å². The minimum absolute atomic E-state index is 0.548. The Bertz CT molecular complexity index is 430. The van der Waals surface area contributed by atoms with Crippen molar-refractivity contribution in [2.75, 3.05) is 32.4 Å². The molecule has 1 aromatic rings. The van der Waals surface area contributed by atoms with E-state index in [9.17, 15) is 0 Å². The van der Waals surface area contributed by atoms with Crippen molar-refractivity contribution in [1.82, 2.24) is 10.2 Å². The number of rotatable bonds is 3. The van der Waals surface area contributed by atoms with Gasteiger partial charge < -0.3 is 16.0 Å². The molecule has 1 aliphatic carbocycles. The third-order valence-electron chi connectivity index (χ3n) is 4.39. The lowest BCUT2D eigenvalue weighted by Crippen LogP contribution is -2.27. The van der Waals surface area contributed by atoms with Gasteiger partial charge in [0.05, 0.1) is 0 Å². The van der Waals surface area contributed by atoms with Gasteiger partial charge in [-0.3, -0.25) is 0 Å². The zero-order chi connectivity index (χ0) is 12.5. The van der Waals surface area contributed by atoms with E-state index in [0.717, 1.165) is 18.2 Å². The predicted octanol–water partition coefficient (Wildman–Crippen LogP) is 1.80. The Labute approximate surface area is 109 Å². The molecule has 1 aromatic carbocycles. The van der Waals surface area contributed by atoms with E-state index in [-0.39, 0.29) is 0 Å². The molecule has 0 spiro atoms. The molecule has 3 N–H and O–H groups in total. The van der Waals surface area contributed by atoms with Crippen molar-refractivity contribution in [2.45, 2.75) is 25.3 Å². The molecular weight excluding hydrogens is 222 g/mol. The van der Waals surface area contributed by atoms with E-state index in [4.69, 9.17) is 5.73 Å². The van der Waals surface area contributed by atoms with Crippen LogP contribution in [0.5, 0.6) is 0 Å². The largest absolute Gasteiger partial charge is 0.399 e. The highest BCUT2D eigenvalue weighted by Gasteiger charge is 2.24. The Hall–Kier alpha value is -1.06. The third kappa shape index (κ3) is 2.38. The standard InChI is InChI=1S/C15H23N3/c1-18-7-6-11(10-18)9-17-15-5-2-12-8-13(16)3-4-14(12)15/h3-4,8,11,15,17H,2,5-7,9-10,16H2,1H3. The van der Waals surface area contributed by atoms with Gasteiger partial charge in [0.1, 0.15) is 0 Å². The van der Waals surface area contributed by atoms with Gasteiger partial charge in [-0.05, 0) is 68.6 Å². The number of aryl methyl sites for hydroxylation is 1. The van der Waals surface area contributed by atoms with Crippen LogP contribution >= 0.6 is 0 Å². The molecule has 1 heterocycles. The van der Waals surface area contributed by atoms with Gasteiger partial charge in [0.15, 0.2) is 0 Å². The number of hydrogen-bond acceptors (Lipinski definition) is 3. The second-order valence-corrected chi connectivity index (χ2v) is 5.87. The van der Waals surface area contributed by atoms with E-state index < -0.39 is 0 Å². The summed E-state index contributed by atoms with van der Waals surface area (Å²) < 4.78 is 0. The Morgan fingerprint density at radius 2 is 2.28 bits per heavy atom. The first-order valence-electron chi connectivity index (χ1n) is 7.02. The molecule has 3 rings (SSSR count). The number of fused-ring (bicyclic) bond motifs is 1. The van der Waals surface area contributed by atoms with Gasteiger partial charge in [0, 0.05) is 18.3 Å². The number of nitrogens with one attached hydrogen (secondary N) is 1. The predicted molar refractivity (Wildman–Crippen MR) is 75.5 cm³/mol. The Balaban J connectivity index is 1.59. The summed E-state index contributed by atoms with van der Waals surface area (Å²) in [6, 6.07) is 6.92. The van der Waals surface area contributed by atoms with Gasteiger partial charge in [-0.2, -0.15) is 0 Å². The van der Waals surface area contributed by atoms with E-state index in [1.165, 1.54) is 43.5 Å². The summed E-state index contributed by atoms with van der Waals surface area (Å²) in [6.45, 7) is 3.65. The summed E-state index contributed by atoms with van der Waals surface area (Å²) in [7, 11) is 2.22. The topological polar surface area (TPSA) is 41.3 Å². The minimum atomic E-state index is 0.548. The fourth-order valence-corrected chi connectivity index (χ4v) is 3.35. The number of likely N-dealkylation sites (tertiary alicyclic amines) is 1. The molecule has 0 aromatic heterocycles. The smallest absolute Gasteiger partial charge is 0.0326 e. The first-order chi connectivity index (χ1) is 8.72. The van der Waals surface area contributed by atoms with Crippen LogP contribution in [-0.2, 0) is 6.42 Å². The lowest BCUT2D eigenvalue weighted by molar-refractivity contribution is 0.378. The zero-order valence-electron chi connectivity index (χ0n) is 11.2. The highest BCUT2D eigenvalue weighted by atomic mass is 15.1. The van der Waals surface area contributed by atoms with Crippen LogP contribution < -0.4 is 11.1 Å². The Morgan fingerprint density at radius 3 is 3.06 bits per heavy atom. The van der Waals surface area contributed by atoms with Crippen LogP contribution in [0.15, 0.2) is 18.2 Å². The fraction of sp³-hybridized carbons (Fsp3) is 0.600. The van der Waals surface area contributed by atoms with Crippen molar-refractivity contribution < 1.29 is 0 Å². The molecule has 0 bridgehead atoms. The van der Waals surface area contributed by atoms with Crippen LogP contribution in [0.2, 0.25) is 0 Å². The van der Waals surface area contributed by atoms with Gasteiger partial charge >= 0.3 is 0 Å². The van der Waals surface area contributed by atoms with Crippen LogP contribution in [0, 0.1) is 5.92 Å². The summed E-state index contributed by atoms with van der Waals surface area (Å²) in [5, 5.41) is 3.75. The summed E-state index contributed by atoms with van der Waals surface area (Å²) in [4.78, 5) is 2.43. The van der Waals surface area contributed by atoms with Gasteiger partial charge in [-0.25, -0.2) is 0 Å². The van der Waals surface area contributed by atoms with E-state index in [1.54, 1.807) is 0 Å². The molecule has 0 saturated carbocycles. The molecule has 2 atom stereocenters. The lowest BCUT2D eigenvalue weighted by atomic mass is 10.1. The Kier molecular flexibility index (Phi) is 3.27. The lowest BCUT2D eigenvalue weighted by Gasteiger charge is -2.17. The summed E-state index contributed by atoms with van der Waals surface area (Å²) in [5.74, 6) is 0.827. The van der Waals surface area contributed by atoms with E-state index in [1.807, 2.05) is 6.07 Å². The van der Waals surface area contributed by atoms with Crippen LogP contribution in [0.1, 0.15) is 30.0 Å². The summed E-state index contributed by atoms with van der Waals surface area (Å²) in [5.41, 5.74) is 9.64. The molecule has 0 amide bonds. The minimum Gasteiger partial charge on any atom is -0.399 e. The molecule has 3 nitrogen and oxygen atoms in total. The SMILES string of the molecule is CN1CCC(CNC2CCc3cc(N)ccc32)C1. The number of nitrogens with two attached hydrogens (primary N) is 1. The molecular formula is C15H23N3. The monoisotopic (exact) mass is 245 g/mol. The third-order valence-corrected chi connectivity index (χ3v) is 4.39. The van der Waals surface area contributed by atoms with Crippen molar-refractivity contribution in [1.29, 1.82) is 0 Å². The number of nitrogen functional groups attached to an aromatic ring is 1. The Morgan fingerprint density at radius 1 is 1.39 bits per heavy atom. The molecule has 0 radical (unpaired) electrons. The average Bonchev–Trinajstić information content (AvgIpc) is 2.92. The van der Waals surface area contributed by atoms with Gasteiger partial charge in [-0.1, -0.05) is 6.07 Å². The first-order valence-corrected chi connectivity index (χ1v) is 7.02. The number of anilines is 1. The average molecular weight is 245 g/mol. The summed E-state index contributed by atoms with van der Waals surface area (Å²) >= 11 is 0. The molecule has 1 saturated heterocycles. The van der Waals surface area contributed by atoms with Crippen molar-refractivity contribution in [3.63, 3.8) is 0 Å². The number of hydrogen-bond donors (Lipinski definition) is 2. The van der Waals surface area contributed by atoms with Gasteiger partial charge in [-0.15, -0.1) is 0 Å². The second-order valence-electron chi connectivity index (χ2n) is 5.87. The molecule has 2 unspecified atom stereocenters. The molecule has 98 valence electrons. The van der Waals surface area contributed by atoms with Gasteiger partial charge in [0.2, 0.25) is 0 Å². The first kappa shape index (κ1) is 12.0. The van der Waals surface area contributed by atoms with Crippen molar-refractivity contribution >= 4 is 5.69 Å². The second kappa shape index (κ2) is 4.90. The molecule has 1 fully saturated rings. The maximum absolute atomic E-state index is 5.84. The maximum Gasteiger partial charge on any atom is 0.0326 e. The molecule has 3 heteroatoms.